The zero-order valence-corrected chi connectivity index (χ0v) is 10.6. The molecule has 0 rings (SSSR count). The highest BCUT2D eigenvalue weighted by Gasteiger charge is 2.05. The zero-order valence-electron chi connectivity index (χ0n) is 10.6. The Bertz CT molecular complexity index is 354. The molecule has 0 aliphatic carbocycles. The minimum absolute atomic E-state index is 0.0186. The molecule has 8 nitrogen and oxygen atoms in total. The van der Waals surface area contributed by atoms with E-state index in [2.05, 4.69) is 10.5 Å². The van der Waals surface area contributed by atoms with E-state index in [1.807, 2.05) is 0 Å². The third-order valence-corrected chi connectivity index (χ3v) is 2.29. The first-order valence-corrected chi connectivity index (χ1v) is 5.96. The number of hydrogen-bond donors (Lipinski definition) is 4. The van der Waals surface area contributed by atoms with Crippen LogP contribution in [-0.4, -0.2) is 33.9 Å². The van der Waals surface area contributed by atoms with E-state index >= 15 is 0 Å². The summed E-state index contributed by atoms with van der Waals surface area (Å²) in [7, 11) is 0. The van der Waals surface area contributed by atoms with Crippen molar-refractivity contribution < 1.29 is 24.6 Å². The molecule has 0 bridgehead atoms. The second kappa shape index (κ2) is 9.86. The number of carboxylic acids is 2. The molecule has 19 heavy (non-hydrogen) atoms. The number of amides is 2. The predicted molar refractivity (Wildman–Crippen MR) is 67.7 cm³/mol. The number of nitrogens with two attached hydrogens (primary N) is 1. The third-order valence-electron chi connectivity index (χ3n) is 2.29. The lowest BCUT2D eigenvalue weighted by atomic mass is 10.1. The van der Waals surface area contributed by atoms with Crippen LogP contribution in [0.4, 0.5) is 4.79 Å². The van der Waals surface area contributed by atoms with Gasteiger partial charge in [0.05, 0.1) is 0 Å². The number of unbranched alkanes of at least 4 members (excludes halogenated alkanes) is 1. The van der Waals surface area contributed by atoms with Crippen LogP contribution in [0.5, 0.6) is 0 Å². The number of carbonyl (C=O) groups is 3. The summed E-state index contributed by atoms with van der Waals surface area (Å²) < 4.78 is 0. The summed E-state index contributed by atoms with van der Waals surface area (Å²) in [6.07, 6.45) is 2.55. The van der Waals surface area contributed by atoms with E-state index in [9.17, 15) is 14.4 Å². The van der Waals surface area contributed by atoms with E-state index < -0.39 is 18.0 Å². The van der Waals surface area contributed by atoms with E-state index in [1.165, 1.54) is 0 Å². The van der Waals surface area contributed by atoms with Crippen molar-refractivity contribution in [1.29, 1.82) is 0 Å². The molecule has 0 unspecified atom stereocenters. The maximum atomic E-state index is 10.5. The van der Waals surface area contributed by atoms with E-state index in [0.29, 0.717) is 37.8 Å². The van der Waals surface area contributed by atoms with E-state index in [4.69, 9.17) is 15.9 Å². The van der Waals surface area contributed by atoms with Gasteiger partial charge in [0.2, 0.25) is 0 Å². The molecule has 0 atom stereocenters. The number of primary amides is 1. The van der Waals surface area contributed by atoms with Gasteiger partial charge in [0.1, 0.15) is 0 Å². The summed E-state index contributed by atoms with van der Waals surface area (Å²) in [5.74, 6) is -1.76. The van der Waals surface area contributed by atoms with Crippen molar-refractivity contribution in [3.05, 3.63) is 0 Å². The molecule has 0 saturated carbocycles. The molecule has 0 aliphatic heterocycles. The highest BCUT2D eigenvalue weighted by atomic mass is 16.4. The van der Waals surface area contributed by atoms with Crippen LogP contribution in [0.1, 0.15) is 44.9 Å². The molecule has 0 aromatic rings. The van der Waals surface area contributed by atoms with Gasteiger partial charge in [0.25, 0.3) is 0 Å². The van der Waals surface area contributed by atoms with Crippen molar-refractivity contribution >= 4 is 23.7 Å². The maximum absolute atomic E-state index is 10.5. The minimum atomic E-state index is -0.895. The summed E-state index contributed by atoms with van der Waals surface area (Å²) >= 11 is 0. The molecule has 0 fully saturated rings. The lowest BCUT2D eigenvalue weighted by molar-refractivity contribution is -0.138. The molecule has 0 heterocycles. The summed E-state index contributed by atoms with van der Waals surface area (Å²) in [6, 6.07) is -0.790. The number of nitrogens with one attached hydrogen (secondary N) is 1. The van der Waals surface area contributed by atoms with Gasteiger partial charge in [0, 0.05) is 18.6 Å². The number of nitrogens with zero attached hydrogens (tertiary/aromatic N) is 1. The number of aliphatic carboxylic acids is 2. The normalized spacial score (nSPS) is 11.1. The Hall–Kier alpha value is -2.12. The Balaban J connectivity index is 4.10. The van der Waals surface area contributed by atoms with Gasteiger partial charge < -0.3 is 15.9 Å². The second-order valence-corrected chi connectivity index (χ2v) is 4.00. The van der Waals surface area contributed by atoms with Gasteiger partial charge in [0.15, 0.2) is 0 Å². The van der Waals surface area contributed by atoms with Crippen LogP contribution in [0.2, 0.25) is 0 Å². The van der Waals surface area contributed by atoms with Gasteiger partial charge in [-0.1, -0.05) is 0 Å². The first-order valence-electron chi connectivity index (χ1n) is 5.96. The van der Waals surface area contributed by atoms with Crippen LogP contribution in [0.15, 0.2) is 5.10 Å². The van der Waals surface area contributed by atoms with Crippen molar-refractivity contribution in [2.24, 2.45) is 10.8 Å². The molecular formula is C11H19N3O5. The fraction of sp³-hybridized carbons (Fsp3) is 0.636. The molecular weight excluding hydrogens is 254 g/mol. The fourth-order valence-electron chi connectivity index (χ4n) is 1.42. The lowest BCUT2D eigenvalue weighted by Gasteiger charge is -2.05. The van der Waals surface area contributed by atoms with Crippen molar-refractivity contribution in [3.63, 3.8) is 0 Å². The smallest absolute Gasteiger partial charge is 0.332 e. The first-order chi connectivity index (χ1) is 8.91. The molecule has 0 aromatic carbocycles. The second-order valence-electron chi connectivity index (χ2n) is 4.00. The Labute approximate surface area is 110 Å². The first kappa shape index (κ1) is 16.9. The summed E-state index contributed by atoms with van der Waals surface area (Å²) in [6.45, 7) is 0. The van der Waals surface area contributed by atoms with E-state index in [0.717, 1.165) is 0 Å². The SMILES string of the molecule is NC(=O)NN=C(CCCCC(=O)O)CCCC(=O)O. The zero-order chi connectivity index (χ0) is 14.7. The predicted octanol–water partition coefficient (Wildman–Crippen LogP) is 0.911. The van der Waals surface area contributed by atoms with Gasteiger partial charge in [-0.3, -0.25) is 9.59 Å². The molecule has 8 heteroatoms. The van der Waals surface area contributed by atoms with E-state index in [-0.39, 0.29) is 12.8 Å². The van der Waals surface area contributed by atoms with Gasteiger partial charge >= 0.3 is 18.0 Å². The van der Waals surface area contributed by atoms with Crippen LogP contribution in [0.3, 0.4) is 0 Å². The molecule has 2 amide bonds. The highest BCUT2D eigenvalue weighted by molar-refractivity contribution is 5.86. The van der Waals surface area contributed by atoms with Crippen LogP contribution >= 0.6 is 0 Å². The number of carboxylic acid groups (broad SMARTS) is 2. The lowest BCUT2D eigenvalue weighted by Crippen LogP contribution is -2.25. The van der Waals surface area contributed by atoms with Crippen molar-refractivity contribution in [2.45, 2.75) is 44.9 Å². The summed E-state index contributed by atoms with van der Waals surface area (Å²) in [4.78, 5) is 31.3. The number of hydrogen-bond acceptors (Lipinski definition) is 4. The summed E-state index contributed by atoms with van der Waals surface area (Å²) in [5.41, 5.74) is 7.60. The average molecular weight is 273 g/mol. The Morgan fingerprint density at radius 3 is 1.89 bits per heavy atom. The number of hydrazone groups is 1. The number of urea groups is 1. The minimum Gasteiger partial charge on any atom is -0.481 e. The molecule has 108 valence electrons. The average Bonchev–Trinajstić information content (AvgIpc) is 2.29. The molecule has 0 aliphatic rings. The number of rotatable bonds is 10. The molecule has 0 aromatic heterocycles. The van der Waals surface area contributed by atoms with Crippen LogP contribution in [0, 0.1) is 0 Å². The topological polar surface area (TPSA) is 142 Å². The molecule has 0 spiro atoms. The van der Waals surface area contributed by atoms with Gasteiger partial charge in [-0.05, 0) is 32.1 Å². The van der Waals surface area contributed by atoms with Gasteiger partial charge in [-0.15, -0.1) is 0 Å². The Morgan fingerprint density at radius 2 is 1.37 bits per heavy atom. The van der Waals surface area contributed by atoms with Crippen LogP contribution in [0.25, 0.3) is 0 Å². The standard InChI is InChI=1S/C11H19N3O5/c12-11(19)14-13-8(5-3-7-10(17)18)4-1-2-6-9(15)16/h1-7H2,(H,15,16)(H,17,18)(H3,12,14,19). The largest absolute Gasteiger partial charge is 0.481 e. The van der Waals surface area contributed by atoms with Crippen molar-refractivity contribution in [2.75, 3.05) is 0 Å². The molecule has 0 saturated heterocycles. The van der Waals surface area contributed by atoms with Crippen LogP contribution < -0.4 is 11.2 Å². The molecule has 0 radical (unpaired) electrons. The highest BCUT2D eigenvalue weighted by Crippen LogP contribution is 2.07. The van der Waals surface area contributed by atoms with Gasteiger partial charge in [-0.2, -0.15) is 5.10 Å². The Morgan fingerprint density at radius 1 is 0.895 bits per heavy atom. The monoisotopic (exact) mass is 273 g/mol. The molecule has 5 N–H and O–H groups in total. The Kier molecular flexibility index (Phi) is 8.76. The van der Waals surface area contributed by atoms with Crippen molar-refractivity contribution in [1.82, 2.24) is 5.43 Å². The van der Waals surface area contributed by atoms with E-state index in [1.54, 1.807) is 0 Å². The van der Waals surface area contributed by atoms with Crippen LogP contribution in [-0.2, 0) is 9.59 Å². The van der Waals surface area contributed by atoms with Gasteiger partial charge in [-0.25, -0.2) is 10.2 Å². The maximum Gasteiger partial charge on any atom is 0.332 e. The third kappa shape index (κ3) is 12.1. The quantitative estimate of drug-likeness (QED) is 0.266. The summed E-state index contributed by atoms with van der Waals surface area (Å²) in [5, 5.41) is 20.8. The number of carbonyl (C=O) groups excluding carboxylic acids is 1. The van der Waals surface area contributed by atoms with Crippen molar-refractivity contribution in [3.8, 4) is 0 Å². The fourth-order valence-corrected chi connectivity index (χ4v) is 1.42.